The van der Waals surface area contributed by atoms with Gasteiger partial charge in [0.2, 0.25) is 10.0 Å². The number of esters is 1. The fourth-order valence-electron chi connectivity index (χ4n) is 1.44. The van der Waals surface area contributed by atoms with E-state index in [9.17, 15) is 18.0 Å². The summed E-state index contributed by atoms with van der Waals surface area (Å²) in [5, 5.41) is 8.88. The van der Waals surface area contributed by atoms with Crippen molar-refractivity contribution in [2.24, 2.45) is 0 Å². The van der Waals surface area contributed by atoms with Crippen LogP contribution in [0.4, 0.5) is 0 Å². The molecule has 0 aromatic heterocycles. The summed E-state index contributed by atoms with van der Waals surface area (Å²) < 4.78 is 31.3. The second kappa shape index (κ2) is 7.53. The average molecular weight is 380 g/mol. The highest BCUT2D eigenvalue weighted by molar-refractivity contribution is 9.10. The van der Waals surface area contributed by atoms with Crippen molar-refractivity contribution in [2.75, 3.05) is 13.2 Å². The Balaban J connectivity index is 2.85. The monoisotopic (exact) mass is 379 g/mol. The summed E-state index contributed by atoms with van der Waals surface area (Å²) in [6.07, 6.45) is -0.108. The van der Waals surface area contributed by atoms with Crippen LogP contribution in [0, 0.1) is 0 Å². The van der Waals surface area contributed by atoms with Gasteiger partial charge in [-0.2, -0.15) is 0 Å². The van der Waals surface area contributed by atoms with Gasteiger partial charge in [-0.05, 0) is 41.1 Å². The lowest BCUT2D eigenvalue weighted by molar-refractivity contribution is -0.142. The third-order valence-electron chi connectivity index (χ3n) is 2.39. The Morgan fingerprint density at radius 1 is 1.38 bits per heavy atom. The van der Waals surface area contributed by atoms with Crippen LogP contribution >= 0.6 is 15.9 Å². The molecule has 0 aliphatic rings. The van der Waals surface area contributed by atoms with Gasteiger partial charge in [-0.25, -0.2) is 17.9 Å². The smallest absolute Gasteiger partial charge is 0.335 e. The molecule has 116 valence electrons. The van der Waals surface area contributed by atoms with E-state index in [4.69, 9.17) is 5.11 Å². The molecule has 0 fully saturated rings. The van der Waals surface area contributed by atoms with Gasteiger partial charge in [0.1, 0.15) is 0 Å². The summed E-state index contributed by atoms with van der Waals surface area (Å²) in [5.41, 5.74) is -0.149. The Bertz CT molecular complexity index is 643. The van der Waals surface area contributed by atoms with E-state index in [1.807, 2.05) is 0 Å². The summed E-state index contributed by atoms with van der Waals surface area (Å²) in [4.78, 5) is 21.8. The van der Waals surface area contributed by atoms with E-state index in [1.165, 1.54) is 12.1 Å². The highest BCUT2D eigenvalue weighted by atomic mass is 79.9. The van der Waals surface area contributed by atoms with Gasteiger partial charge in [0.25, 0.3) is 0 Å². The molecule has 7 nitrogen and oxygen atoms in total. The lowest BCUT2D eigenvalue weighted by atomic mass is 10.2. The van der Waals surface area contributed by atoms with Crippen LogP contribution in [-0.4, -0.2) is 38.6 Å². The van der Waals surface area contributed by atoms with Gasteiger partial charge in [0.15, 0.2) is 0 Å². The molecule has 9 heteroatoms. The molecule has 1 rings (SSSR count). The molecule has 1 aromatic carbocycles. The number of ether oxygens (including phenoxy) is 1. The molecule has 0 saturated carbocycles. The Hall–Kier alpha value is -1.45. The normalized spacial score (nSPS) is 11.1. The highest BCUT2D eigenvalue weighted by Crippen LogP contribution is 2.23. The van der Waals surface area contributed by atoms with Crippen molar-refractivity contribution in [3.05, 3.63) is 28.2 Å². The van der Waals surface area contributed by atoms with Crippen molar-refractivity contribution in [1.29, 1.82) is 0 Å². The van der Waals surface area contributed by atoms with E-state index in [1.54, 1.807) is 6.92 Å². The summed E-state index contributed by atoms with van der Waals surface area (Å²) in [6.45, 7) is 1.74. The Morgan fingerprint density at radius 2 is 2.05 bits per heavy atom. The third-order valence-corrected chi connectivity index (χ3v) is 4.85. The second-order valence-corrected chi connectivity index (χ2v) is 6.49. The number of carboxylic acids is 1. The first-order valence-electron chi connectivity index (χ1n) is 5.96. The van der Waals surface area contributed by atoms with Crippen LogP contribution in [0.1, 0.15) is 23.7 Å². The predicted molar refractivity (Wildman–Crippen MR) is 77.5 cm³/mol. The number of benzene rings is 1. The molecule has 0 spiro atoms. The van der Waals surface area contributed by atoms with Crippen molar-refractivity contribution in [2.45, 2.75) is 18.2 Å². The maximum Gasteiger partial charge on any atom is 0.335 e. The fourth-order valence-corrected chi connectivity index (χ4v) is 3.46. The van der Waals surface area contributed by atoms with Crippen LogP contribution in [0.15, 0.2) is 27.6 Å². The molecule has 0 bridgehead atoms. The van der Waals surface area contributed by atoms with Crippen LogP contribution in [-0.2, 0) is 19.6 Å². The number of nitrogens with one attached hydrogen (secondary N) is 1. The molecule has 0 unspecified atom stereocenters. The number of hydrogen-bond donors (Lipinski definition) is 2. The van der Waals surface area contributed by atoms with Gasteiger partial charge < -0.3 is 9.84 Å². The quantitative estimate of drug-likeness (QED) is 0.692. The first-order chi connectivity index (χ1) is 9.77. The van der Waals surface area contributed by atoms with Crippen LogP contribution in [0.2, 0.25) is 0 Å². The van der Waals surface area contributed by atoms with E-state index >= 15 is 0 Å². The highest BCUT2D eigenvalue weighted by Gasteiger charge is 2.19. The minimum Gasteiger partial charge on any atom is -0.478 e. The van der Waals surface area contributed by atoms with E-state index in [2.05, 4.69) is 25.4 Å². The molecule has 0 aliphatic heterocycles. The van der Waals surface area contributed by atoms with Crippen LogP contribution in [0.5, 0.6) is 0 Å². The van der Waals surface area contributed by atoms with Crippen LogP contribution in [0.3, 0.4) is 0 Å². The molecule has 2 N–H and O–H groups in total. The first-order valence-corrected chi connectivity index (χ1v) is 8.23. The maximum absolute atomic E-state index is 12.1. The molecular weight excluding hydrogens is 366 g/mol. The average Bonchev–Trinajstić information content (AvgIpc) is 2.38. The fraction of sp³-hybridized carbons (Fsp3) is 0.333. The Kier molecular flexibility index (Phi) is 6.31. The SMILES string of the molecule is CCOC(=O)CCNS(=O)(=O)c1cc(C(=O)O)ccc1Br. The minimum atomic E-state index is -3.93. The number of rotatable bonds is 7. The number of carboxylic acid groups (broad SMARTS) is 1. The number of halogens is 1. The lowest BCUT2D eigenvalue weighted by Gasteiger charge is -2.09. The van der Waals surface area contributed by atoms with Gasteiger partial charge in [-0.3, -0.25) is 4.79 Å². The molecule has 21 heavy (non-hydrogen) atoms. The van der Waals surface area contributed by atoms with Gasteiger partial charge in [0, 0.05) is 11.0 Å². The van der Waals surface area contributed by atoms with E-state index in [-0.39, 0.29) is 34.5 Å². The van der Waals surface area contributed by atoms with Gasteiger partial charge in [-0.1, -0.05) is 0 Å². The predicted octanol–water partition coefficient (Wildman–Crippen LogP) is 1.38. The molecule has 0 atom stereocenters. The molecule has 0 saturated heterocycles. The summed E-state index contributed by atoms with van der Waals surface area (Å²) in [5.74, 6) is -1.75. The van der Waals surface area contributed by atoms with Gasteiger partial charge in [-0.15, -0.1) is 0 Å². The van der Waals surface area contributed by atoms with Crippen molar-refractivity contribution in [3.8, 4) is 0 Å². The zero-order valence-electron chi connectivity index (χ0n) is 11.1. The molecule has 0 aliphatic carbocycles. The number of carbonyl (C=O) groups excluding carboxylic acids is 1. The third kappa shape index (κ3) is 5.10. The van der Waals surface area contributed by atoms with E-state index < -0.39 is 22.0 Å². The molecule has 0 radical (unpaired) electrons. The molecular formula is C12H14BrNO6S. The standard InChI is InChI=1S/C12H14BrNO6S/c1-2-20-11(15)5-6-14-21(18,19)10-7-8(12(16)17)3-4-9(10)13/h3-4,7,14H,2,5-6H2,1H3,(H,16,17). The van der Waals surface area contributed by atoms with Crippen molar-refractivity contribution in [3.63, 3.8) is 0 Å². The number of carbonyl (C=O) groups is 2. The second-order valence-electron chi connectivity index (χ2n) is 3.90. The summed E-state index contributed by atoms with van der Waals surface area (Å²) in [7, 11) is -3.93. The van der Waals surface area contributed by atoms with E-state index in [0.717, 1.165) is 6.07 Å². The summed E-state index contributed by atoms with van der Waals surface area (Å²) in [6, 6.07) is 3.66. The van der Waals surface area contributed by atoms with Crippen LogP contribution in [0.25, 0.3) is 0 Å². The van der Waals surface area contributed by atoms with E-state index in [0.29, 0.717) is 0 Å². The number of aromatic carboxylic acids is 1. The Labute approximate surface area is 130 Å². The molecule has 0 amide bonds. The van der Waals surface area contributed by atoms with Crippen LogP contribution < -0.4 is 4.72 Å². The minimum absolute atomic E-state index is 0.108. The van der Waals surface area contributed by atoms with Crippen molar-refractivity contribution >= 4 is 37.9 Å². The topological polar surface area (TPSA) is 110 Å². The maximum atomic E-state index is 12.1. The zero-order chi connectivity index (χ0) is 16.0. The molecule has 1 aromatic rings. The lowest BCUT2D eigenvalue weighted by Crippen LogP contribution is -2.27. The Morgan fingerprint density at radius 3 is 2.62 bits per heavy atom. The molecule has 0 heterocycles. The largest absolute Gasteiger partial charge is 0.478 e. The van der Waals surface area contributed by atoms with Gasteiger partial charge >= 0.3 is 11.9 Å². The first kappa shape index (κ1) is 17.6. The van der Waals surface area contributed by atoms with Crippen molar-refractivity contribution in [1.82, 2.24) is 4.72 Å². The number of sulfonamides is 1. The summed E-state index contributed by atoms with van der Waals surface area (Å²) >= 11 is 3.06. The zero-order valence-corrected chi connectivity index (χ0v) is 13.5. The van der Waals surface area contributed by atoms with Gasteiger partial charge in [0.05, 0.1) is 23.5 Å². The van der Waals surface area contributed by atoms with Crippen molar-refractivity contribution < 1.29 is 27.9 Å². The number of hydrogen-bond acceptors (Lipinski definition) is 5.